The minimum atomic E-state index is -4.81. The van der Waals surface area contributed by atoms with Gasteiger partial charge in [-0.25, -0.2) is 14.3 Å². The number of rotatable bonds is 6. The second kappa shape index (κ2) is 9.42. The van der Waals surface area contributed by atoms with Crippen LogP contribution in [0.1, 0.15) is 48.7 Å². The monoisotopic (exact) mass is 465 g/mol. The number of halogens is 3. The highest BCUT2D eigenvalue weighted by Gasteiger charge is 2.41. The van der Waals surface area contributed by atoms with Gasteiger partial charge in [0.05, 0.1) is 18.5 Å². The Kier molecular flexibility index (Phi) is 6.59. The molecule has 178 valence electrons. The van der Waals surface area contributed by atoms with E-state index in [1.165, 1.54) is 44.0 Å². The minimum absolute atomic E-state index is 0.0522. The first kappa shape index (κ1) is 23.1. The molecule has 2 aliphatic rings. The Labute approximate surface area is 189 Å². The van der Waals surface area contributed by atoms with Gasteiger partial charge >= 0.3 is 18.2 Å². The number of benzene rings is 1. The van der Waals surface area contributed by atoms with E-state index in [0.717, 1.165) is 38.2 Å². The molecular weight excluding hydrogens is 439 g/mol. The predicted octanol–water partition coefficient (Wildman–Crippen LogP) is 3.82. The van der Waals surface area contributed by atoms with Gasteiger partial charge in [-0.05, 0) is 56.9 Å². The van der Waals surface area contributed by atoms with E-state index in [0.29, 0.717) is 10.4 Å². The molecular formula is C22H26F3N5O3. The zero-order valence-corrected chi connectivity index (χ0v) is 18.2. The molecule has 11 heteroatoms. The molecule has 0 spiro atoms. The van der Waals surface area contributed by atoms with Crippen LogP contribution in [-0.4, -0.2) is 58.5 Å². The molecule has 1 aromatic carbocycles. The first-order valence-electron chi connectivity index (χ1n) is 11.0. The van der Waals surface area contributed by atoms with E-state index in [1.807, 2.05) is 0 Å². The number of piperidine rings is 1. The SMILES string of the molecule is CCOC(=O)c1cnn(-c2ccc(NC(=O)NC3CCN(C4CC4)CC3)cc2)c1C(F)(F)F. The van der Waals surface area contributed by atoms with E-state index in [4.69, 9.17) is 4.74 Å². The molecule has 2 aromatic rings. The summed E-state index contributed by atoms with van der Waals surface area (Å²) in [6.07, 6.45) is 0.346. The first-order valence-corrected chi connectivity index (χ1v) is 11.0. The van der Waals surface area contributed by atoms with Crippen molar-refractivity contribution in [1.29, 1.82) is 0 Å². The second-order valence-electron chi connectivity index (χ2n) is 8.22. The van der Waals surface area contributed by atoms with Crippen molar-refractivity contribution in [3.05, 3.63) is 41.7 Å². The molecule has 1 saturated carbocycles. The van der Waals surface area contributed by atoms with Crippen LogP contribution in [0.15, 0.2) is 30.5 Å². The minimum Gasteiger partial charge on any atom is -0.462 e. The number of hydrogen-bond acceptors (Lipinski definition) is 5. The first-order chi connectivity index (χ1) is 15.8. The molecule has 2 heterocycles. The summed E-state index contributed by atoms with van der Waals surface area (Å²) in [5.74, 6) is -1.09. The van der Waals surface area contributed by atoms with Gasteiger partial charge in [0.1, 0.15) is 5.56 Å². The number of amides is 2. The highest BCUT2D eigenvalue weighted by Crippen LogP contribution is 2.34. The maximum Gasteiger partial charge on any atom is 0.434 e. The van der Waals surface area contributed by atoms with E-state index in [2.05, 4.69) is 20.6 Å². The Morgan fingerprint density at radius 2 is 1.79 bits per heavy atom. The lowest BCUT2D eigenvalue weighted by Gasteiger charge is -2.32. The van der Waals surface area contributed by atoms with Crippen LogP contribution in [0.4, 0.5) is 23.7 Å². The van der Waals surface area contributed by atoms with E-state index in [1.54, 1.807) is 0 Å². The van der Waals surface area contributed by atoms with Crippen molar-refractivity contribution in [3.63, 3.8) is 0 Å². The number of carbonyl (C=O) groups excluding carboxylic acids is 2. The third-order valence-electron chi connectivity index (χ3n) is 5.83. The standard InChI is InChI=1S/C22H26F3N5O3/c1-2-33-20(31)18-13-26-30(19(18)22(23,24)25)17-5-3-14(4-6-17)27-21(32)28-15-9-11-29(12-10-15)16-7-8-16/h3-6,13,15-16H,2,7-12H2,1H3,(H2,27,28,32). The van der Waals surface area contributed by atoms with Gasteiger partial charge in [-0.3, -0.25) is 0 Å². The number of anilines is 1. The zero-order valence-electron chi connectivity index (χ0n) is 18.2. The molecule has 0 radical (unpaired) electrons. The number of nitrogens with one attached hydrogen (secondary N) is 2. The van der Waals surface area contributed by atoms with Gasteiger partial charge in [0.15, 0.2) is 5.69 Å². The van der Waals surface area contributed by atoms with Crippen molar-refractivity contribution in [3.8, 4) is 5.69 Å². The smallest absolute Gasteiger partial charge is 0.434 e. The fourth-order valence-corrected chi connectivity index (χ4v) is 4.06. The molecule has 1 aromatic heterocycles. The molecule has 1 aliphatic heterocycles. The zero-order chi connectivity index (χ0) is 23.6. The van der Waals surface area contributed by atoms with Crippen LogP contribution in [0, 0.1) is 0 Å². The summed E-state index contributed by atoms with van der Waals surface area (Å²) in [6, 6.07) is 6.21. The van der Waals surface area contributed by atoms with Gasteiger partial charge in [-0.2, -0.15) is 18.3 Å². The van der Waals surface area contributed by atoms with Gasteiger partial charge in [0.2, 0.25) is 0 Å². The van der Waals surface area contributed by atoms with Crippen LogP contribution >= 0.6 is 0 Å². The maximum atomic E-state index is 13.6. The lowest BCUT2D eigenvalue weighted by molar-refractivity contribution is -0.143. The van der Waals surface area contributed by atoms with Crippen molar-refractivity contribution in [2.45, 2.75) is 50.9 Å². The Balaban J connectivity index is 1.40. The number of urea groups is 1. The number of aromatic nitrogens is 2. The summed E-state index contributed by atoms with van der Waals surface area (Å²) in [6.45, 7) is 3.41. The van der Waals surface area contributed by atoms with E-state index in [-0.39, 0.29) is 24.4 Å². The average molecular weight is 465 g/mol. The summed E-state index contributed by atoms with van der Waals surface area (Å²) in [5.41, 5.74) is -1.34. The van der Waals surface area contributed by atoms with Crippen LogP contribution in [0.25, 0.3) is 5.69 Å². The van der Waals surface area contributed by atoms with Crippen molar-refractivity contribution in [1.82, 2.24) is 20.0 Å². The number of alkyl halides is 3. The fourth-order valence-electron chi connectivity index (χ4n) is 4.06. The van der Waals surface area contributed by atoms with Crippen molar-refractivity contribution in [2.75, 3.05) is 25.0 Å². The molecule has 0 atom stereocenters. The van der Waals surface area contributed by atoms with Gasteiger partial charge in [-0.15, -0.1) is 0 Å². The van der Waals surface area contributed by atoms with Gasteiger partial charge in [0.25, 0.3) is 0 Å². The molecule has 2 fully saturated rings. The molecule has 2 N–H and O–H groups in total. The number of carbonyl (C=O) groups is 2. The fraction of sp³-hybridized carbons (Fsp3) is 0.500. The van der Waals surface area contributed by atoms with Crippen LogP contribution in [0.3, 0.4) is 0 Å². The number of likely N-dealkylation sites (tertiary alicyclic amines) is 1. The number of hydrogen-bond donors (Lipinski definition) is 2. The third kappa shape index (κ3) is 5.47. The summed E-state index contributed by atoms with van der Waals surface area (Å²) in [4.78, 5) is 26.7. The molecule has 0 bridgehead atoms. The highest BCUT2D eigenvalue weighted by atomic mass is 19.4. The Morgan fingerprint density at radius 1 is 1.12 bits per heavy atom. The third-order valence-corrected chi connectivity index (χ3v) is 5.83. The molecule has 4 rings (SSSR count). The van der Waals surface area contributed by atoms with Gasteiger partial charge < -0.3 is 20.3 Å². The normalized spacial score (nSPS) is 17.6. The van der Waals surface area contributed by atoms with E-state index < -0.39 is 23.4 Å². The number of nitrogens with zero attached hydrogens (tertiary/aromatic N) is 3. The van der Waals surface area contributed by atoms with Crippen LogP contribution in [0.2, 0.25) is 0 Å². The summed E-state index contributed by atoms with van der Waals surface area (Å²) in [5, 5.41) is 9.40. The lowest BCUT2D eigenvalue weighted by Crippen LogP contribution is -2.46. The maximum absolute atomic E-state index is 13.6. The lowest BCUT2D eigenvalue weighted by atomic mass is 10.1. The van der Waals surface area contributed by atoms with Crippen LogP contribution in [-0.2, 0) is 10.9 Å². The topological polar surface area (TPSA) is 88.5 Å². The Bertz CT molecular complexity index is 994. The summed E-state index contributed by atoms with van der Waals surface area (Å²) in [7, 11) is 0. The van der Waals surface area contributed by atoms with Crippen LogP contribution < -0.4 is 10.6 Å². The molecule has 33 heavy (non-hydrogen) atoms. The summed E-state index contributed by atoms with van der Waals surface area (Å²) >= 11 is 0. The largest absolute Gasteiger partial charge is 0.462 e. The molecule has 2 amide bonds. The van der Waals surface area contributed by atoms with Gasteiger partial charge in [0, 0.05) is 30.9 Å². The quantitative estimate of drug-likeness (QED) is 0.634. The Hall–Kier alpha value is -3.08. The predicted molar refractivity (Wildman–Crippen MR) is 114 cm³/mol. The van der Waals surface area contributed by atoms with Crippen LogP contribution in [0.5, 0.6) is 0 Å². The highest BCUT2D eigenvalue weighted by molar-refractivity contribution is 5.91. The van der Waals surface area contributed by atoms with Crippen molar-refractivity contribution in [2.24, 2.45) is 0 Å². The molecule has 0 unspecified atom stereocenters. The average Bonchev–Trinajstić information content (AvgIpc) is 3.51. The number of esters is 1. The second-order valence-corrected chi connectivity index (χ2v) is 8.22. The molecule has 1 saturated heterocycles. The van der Waals surface area contributed by atoms with Crippen molar-refractivity contribution >= 4 is 17.7 Å². The van der Waals surface area contributed by atoms with Gasteiger partial charge in [-0.1, -0.05) is 0 Å². The molecule has 8 nitrogen and oxygen atoms in total. The summed E-state index contributed by atoms with van der Waals surface area (Å²) < 4.78 is 46.3. The van der Waals surface area contributed by atoms with E-state index in [9.17, 15) is 22.8 Å². The molecule has 1 aliphatic carbocycles. The Morgan fingerprint density at radius 3 is 2.36 bits per heavy atom. The van der Waals surface area contributed by atoms with E-state index >= 15 is 0 Å². The van der Waals surface area contributed by atoms with Crippen molar-refractivity contribution < 1.29 is 27.5 Å². The number of ether oxygens (including phenoxy) is 1.